The van der Waals surface area contributed by atoms with E-state index in [2.05, 4.69) is 4.98 Å². The summed E-state index contributed by atoms with van der Waals surface area (Å²) in [5.41, 5.74) is 1.95. The summed E-state index contributed by atoms with van der Waals surface area (Å²) < 4.78 is 36.4. The first kappa shape index (κ1) is 22.5. The second kappa shape index (κ2) is 8.68. The minimum absolute atomic E-state index is 0.0111. The molecule has 0 spiro atoms. The number of hydrogen-bond acceptors (Lipinski definition) is 6. The fourth-order valence-corrected chi connectivity index (χ4v) is 4.61. The molecule has 2 N–H and O–H groups in total. The highest BCUT2D eigenvalue weighted by atomic mass is 32.2. The van der Waals surface area contributed by atoms with Gasteiger partial charge in [0, 0.05) is 11.1 Å². The van der Waals surface area contributed by atoms with E-state index in [9.17, 15) is 13.2 Å². The summed E-state index contributed by atoms with van der Waals surface area (Å²) in [6.07, 6.45) is 1.49. The first-order valence-corrected chi connectivity index (χ1v) is 11.6. The van der Waals surface area contributed by atoms with Crippen LogP contribution in [-0.4, -0.2) is 32.2 Å². The summed E-state index contributed by atoms with van der Waals surface area (Å²) >= 11 is 0. The third-order valence-electron chi connectivity index (χ3n) is 5.59. The highest BCUT2D eigenvalue weighted by Gasteiger charge is 2.19. The van der Waals surface area contributed by atoms with Crippen molar-refractivity contribution in [1.29, 1.82) is 0 Å². The van der Waals surface area contributed by atoms with Crippen LogP contribution in [0.2, 0.25) is 0 Å². The van der Waals surface area contributed by atoms with Gasteiger partial charge in [-0.05, 0) is 48.9 Å². The molecule has 1 atom stereocenters. The molecule has 0 fully saturated rings. The van der Waals surface area contributed by atoms with Crippen LogP contribution >= 0.6 is 0 Å². The quantitative estimate of drug-likeness (QED) is 0.467. The van der Waals surface area contributed by atoms with Gasteiger partial charge in [-0.25, -0.2) is 18.5 Å². The Morgan fingerprint density at radius 2 is 1.76 bits per heavy atom. The van der Waals surface area contributed by atoms with Crippen molar-refractivity contribution in [3.63, 3.8) is 0 Å². The molecule has 0 saturated heterocycles. The van der Waals surface area contributed by atoms with E-state index in [1.807, 2.05) is 13.0 Å². The first-order valence-electron chi connectivity index (χ1n) is 10.1. The predicted molar refractivity (Wildman–Crippen MR) is 126 cm³/mol. The third kappa shape index (κ3) is 4.20. The maximum Gasteiger partial charge on any atom is 0.261 e. The standard InChI is InChI=1S/C24H23N3O5S/c1-15(19-13-17(31-2)9-11-22(19)32-3)27-14-26-21-10-8-16(12-20(21)24(27)28)18-6-4-5-7-23(18)33(25,29)30/h4-15H,1-3H3,(H2,25,29,30). The van der Waals surface area contributed by atoms with Gasteiger partial charge in [0.05, 0.1) is 42.4 Å². The summed E-state index contributed by atoms with van der Waals surface area (Å²) in [6, 6.07) is 16.4. The molecule has 0 radical (unpaired) electrons. The van der Waals surface area contributed by atoms with Gasteiger partial charge in [0.1, 0.15) is 11.5 Å². The molecule has 0 amide bonds. The number of nitrogens with two attached hydrogens (primary N) is 1. The SMILES string of the molecule is COc1ccc(OC)c(C(C)n2cnc3ccc(-c4ccccc4S(N)(=O)=O)cc3c2=O)c1. The van der Waals surface area contributed by atoms with E-state index in [0.29, 0.717) is 33.5 Å². The van der Waals surface area contributed by atoms with Gasteiger partial charge < -0.3 is 9.47 Å². The van der Waals surface area contributed by atoms with Crippen LogP contribution < -0.4 is 20.2 Å². The Kier molecular flexibility index (Phi) is 5.92. The first-order chi connectivity index (χ1) is 15.7. The van der Waals surface area contributed by atoms with E-state index in [4.69, 9.17) is 14.6 Å². The lowest BCUT2D eigenvalue weighted by Gasteiger charge is -2.19. The van der Waals surface area contributed by atoms with E-state index >= 15 is 0 Å². The predicted octanol–water partition coefficient (Wildman–Crippen LogP) is 3.34. The molecule has 0 aliphatic carbocycles. The molecule has 8 nitrogen and oxygen atoms in total. The van der Waals surface area contributed by atoms with Crippen molar-refractivity contribution >= 4 is 20.9 Å². The largest absolute Gasteiger partial charge is 0.497 e. The molecule has 1 unspecified atom stereocenters. The molecule has 9 heteroatoms. The van der Waals surface area contributed by atoms with Crippen molar-refractivity contribution in [2.45, 2.75) is 17.9 Å². The summed E-state index contributed by atoms with van der Waals surface area (Å²) in [7, 11) is -0.807. The lowest BCUT2D eigenvalue weighted by Crippen LogP contribution is -2.24. The third-order valence-corrected chi connectivity index (χ3v) is 6.56. The highest BCUT2D eigenvalue weighted by molar-refractivity contribution is 7.89. The molecule has 4 aromatic rings. The van der Waals surface area contributed by atoms with E-state index < -0.39 is 16.1 Å². The number of hydrogen-bond donors (Lipinski definition) is 1. The number of fused-ring (bicyclic) bond motifs is 1. The average molecular weight is 466 g/mol. The van der Waals surface area contributed by atoms with Crippen molar-refractivity contribution in [3.05, 3.63) is 82.9 Å². The Bertz CT molecular complexity index is 1510. The molecule has 0 bridgehead atoms. The smallest absolute Gasteiger partial charge is 0.261 e. The number of primary sulfonamides is 1. The minimum atomic E-state index is -3.94. The lowest BCUT2D eigenvalue weighted by atomic mass is 10.0. The van der Waals surface area contributed by atoms with Crippen molar-refractivity contribution in [1.82, 2.24) is 9.55 Å². The molecule has 170 valence electrons. The van der Waals surface area contributed by atoms with Gasteiger partial charge in [-0.1, -0.05) is 24.3 Å². The number of nitrogens with zero attached hydrogens (tertiary/aromatic N) is 2. The van der Waals surface area contributed by atoms with Crippen LogP contribution in [0.1, 0.15) is 18.5 Å². The molecular formula is C24H23N3O5S. The van der Waals surface area contributed by atoms with Gasteiger partial charge in [-0.2, -0.15) is 0 Å². The van der Waals surface area contributed by atoms with Gasteiger partial charge in [0.25, 0.3) is 5.56 Å². The van der Waals surface area contributed by atoms with E-state index in [-0.39, 0.29) is 10.5 Å². The summed E-state index contributed by atoms with van der Waals surface area (Å²) in [6.45, 7) is 1.87. The number of rotatable bonds is 6. The highest BCUT2D eigenvalue weighted by Crippen LogP contribution is 2.32. The number of methoxy groups -OCH3 is 2. The van der Waals surface area contributed by atoms with Crippen LogP contribution in [0, 0.1) is 0 Å². The Morgan fingerprint density at radius 1 is 1.00 bits per heavy atom. The monoisotopic (exact) mass is 465 g/mol. The maximum atomic E-state index is 13.5. The van der Waals surface area contributed by atoms with Crippen LogP contribution in [0.3, 0.4) is 0 Å². The molecule has 3 aromatic carbocycles. The molecule has 1 aromatic heterocycles. The van der Waals surface area contributed by atoms with Gasteiger partial charge in [0.15, 0.2) is 0 Å². The van der Waals surface area contributed by atoms with E-state index in [1.54, 1.807) is 62.8 Å². The lowest BCUT2D eigenvalue weighted by molar-refractivity contribution is 0.392. The number of sulfonamides is 1. The van der Waals surface area contributed by atoms with Crippen molar-refractivity contribution in [2.75, 3.05) is 14.2 Å². The fraction of sp³-hybridized carbons (Fsp3) is 0.167. The van der Waals surface area contributed by atoms with Crippen molar-refractivity contribution in [2.24, 2.45) is 5.14 Å². The number of benzene rings is 3. The summed E-state index contributed by atoms with van der Waals surface area (Å²) in [4.78, 5) is 17.9. The molecule has 0 saturated carbocycles. The summed E-state index contributed by atoms with van der Waals surface area (Å²) in [5.74, 6) is 1.26. The molecular weight excluding hydrogens is 442 g/mol. The molecule has 1 heterocycles. The Hall–Kier alpha value is -3.69. The van der Waals surface area contributed by atoms with Crippen LogP contribution in [0.4, 0.5) is 0 Å². The van der Waals surface area contributed by atoms with Crippen LogP contribution in [-0.2, 0) is 10.0 Å². The zero-order valence-corrected chi connectivity index (χ0v) is 19.2. The summed E-state index contributed by atoms with van der Waals surface area (Å²) in [5, 5.41) is 5.74. The minimum Gasteiger partial charge on any atom is -0.497 e. The van der Waals surface area contributed by atoms with E-state index in [1.165, 1.54) is 17.0 Å². The topological polar surface area (TPSA) is 114 Å². The Balaban J connectivity index is 1.88. The van der Waals surface area contributed by atoms with Crippen molar-refractivity contribution in [3.8, 4) is 22.6 Å². The van der Waals surface area contributed by atoms with Gasteiger partial charge in [0.2, 0.25) is 10.0 Å². The molecule has 0 aliphatic rings. The molecule has 0 aliphatic heterocycles. The Morgan fingerprint density at radius 3 is 2.45 bits per heavy atom. The normalized spacial score (nSPS) is 12.5. The zero-order chi connectivity index (χ0) is 23.8. The average Bonchev–Trinajstić information content (AvgIpc) is 2.82. The van der Waals surface area contributed by atoms with Gasteiger partial charge in [-0.15, -0.1) is 0 Å². The zero-order valence-electron chi connectivity index (χ0n) is 18.3. The second-order valence-corrected chi connectivity index (χ2v) is 9.04. The van der Waals surface area contributed by atoms with Gasteiger partial charge in [-0.3, -0.25) is 9.36 Å². The maximum absolute atomic E-state index is 13.5. The second-order valence-electron chi connectivity index (χ2n) is 7.51. The van der Waals surface area contributed by atoms with Crippen molar-refractivity contribution < 1.29 is 17.9 Å². The van der Waals surface area contributed by atoms with Crippen LogP contribution in [0.5, 0.6) is 11.5 Å². The Labute approximate surface area is 191 Å². The van der Waals surface area contributed by atoms with E-state index in [0.717, 1.165) is 5.56 Å². The fourth-order valence-electron chi connectivity index (χ4n) is 3.85. The number of ether oxygens (including phenoxy) is 2. The van der Waals surface area contributed by atoms with Gasteiger partial charge >= 0.3 is 0 Å². The molecule has 4 rings (SSSR count). The van der Waals surface area contributed by atoms with Crippen LogP contribution in [0.25, 0.3) is 22.0 Å². The van der Waals surface area contributed by atoms with Crippen LogP contribution in [0.15, 0.2) is 76.7 Å². The molecule has 33 heavy (non-hydrogen) atoms. The number of aromatic nitrogens is 2.